The first kappa shape index (κ1) is 17.8. The minimum atomic E-state index is -0.470. The Morgan fingerprint density at radius 3 is 1.85 bits per heavy atom. The van der Waals surface area contributed by atoms with Crippen molar-refractivity contribution in [2.45, 2.75) is 0 Å². The van der Waals surface area contributed by atoms with Crippen LogP contribution in [0.4, 0.5) is 11.4 Å². The van der Waals surface area contributed by atoms with Gasteiger partial charge >= 0.3 is 0 Å². The molecule has 0 unspecified atom stereocenters. The third-order valence-corrected chi connectivity index (χ3v) is 3.88. The van der Waals surface area contributed by atoms with Gasteiger partial charge in [-0.05, 0) is 36.4 Å². The maximum atomic E-state index is 12.2. The van der Waals surface area contributed by atoms with Gasteiger partial charge in [0.05, 0.1) is 16.9 Å². The lowest BCUT2D eigenvalue weighted by atomic mass is 10.2. The van der Waals surface area contributed by atoms with Crippen LogP contribution in [0.3, 0.4) is 0 Å². The molecule has 2 N–H and O–H groups in total. The average Bonchev–Trinajstić information content (AvgIpc) is 2.65. The summed E-state index contributed by atoms with van der Waals surface area (Å²) < 4.78 is 0. The summed E-state index contributed by atoms with van der Waals surface area (Å²) in [7, 11) is 0. The van der Waals surface area contributed by atoms with Crippen molar-refractivity contribution in [2.24, 2.45) is 0 Å². The quantitative estimate of drug-likeness (QED) is 0.665. The Kier molecular flexibility index (Phi) is 5.40. The minimum absolute atomic E-state index is 0.126. The van der Waals surface area contributed by atoms with Crippen LogP contribution in [0.1, 0.15) is 20.8 Å². The lowest BCUT2D eigenvalue weighted by Crippen LogP contribution is -2.16. The molecule has 9 heteroatoms. The highest BCUT2D eigenvalue weighted by atomic mass is 35.5. The smallest absolute Gasteiger partial charge is 0.274 e. The van der Waals surface area contributed by atoms with Gasteiger partial charge < -0.3 is 10.6 Å². The molecule has 0 spiro atoms. The van der Waals surface area contributed by atoms with Gasteiger partial charge in [0.2, 0.25) is 0 Å². The van der Waals surface area contributed by atoms with E-state index < -0.39 is 11.8 Å². The van der Waals surface area contributed by atoms with Gasteiger partial charge in [-0.2, -0.15) is 0 Å². The van der Waals surface area contributed by atoms with Crippen LogP contribution in [0.25, 0.3) is 0 Å². The third kappa shape index (κ3) is 4.14. The van der Waals surface area contributed by atoms with E-state index in [4.69, 9.17) is 23.2 Å². The molecule has 0 saturated heterocycles. The molecule has 0 aromatic carbocycles. The Labute approximate surface area is 158 Å². The van der Waals surface area contributed by atoms with E-state index in [1.807, 2.05) is 0 Å². The van der Waals surface area contributed by atoms with Gasteiger partial charge in [0.1, 0.15) is 5.69 Å². The lowest BCUT2D eigenvalue weighted by Gasteiger charge is -2.08. The van der Waals surface area contributed by atoms with Crippen LogP contribution in [0.5, 0.6) is 0 Å². The molecule has 0 aliphatic carbocycles. The van der Waals surface area contributed by atoms with Crippen molar-refractivity contribution < 1.29 is 9.59 Å². The number of amides is 2. The maximum Gasteiger partial charge on any atom is 0.274 e. The summed E-state index contributed by atoms with van der Waals surface area (Å²) in [5, 5.41) is 5.57. The summed E-state index contributed by atoms with van der Waals surface area (Å²) in [5.74, 6) is -0.892. The molecule has 3 aromatic heterocycles. The predicted molar refractivity (Wildman–Crippen MR) is 98.6 cm³/mol. The van der Waals surface area contributed by atoms with E-state index in [9.17, 15) is 9.59 Å². The average molecular weight is 388 g/mol. The van der Waals surface area contributed by atoms with Gasteiger partial charge in [0.25, 0.3) is 11.8 Å². The fraction of sp³-hybridized carbons (Fsp3) is 0. The number of aromatic nitrogens is 3. The zero-order valence-electron chi connectivity index (χ0n) is 13.1. The summed E-state index contributed by atoms with van der Waals surface area (Å²) in [6.45, 7) is 0. The monoisotopic (exact) mass is 387 g/mol. The minimum Gasteiger partial charge on any atom is -0.319 e. The van der Waals surface area contributed by atoms with Crippen LogP contribution in [0.15, 0.2) is 55.0 Å². The molecular formula is C17H11Cl2N5O2. The van der Waals surface area contributed by atoms with E-state index in [0.717, 1.165) is 0 Å². The van der Waals surface area contributed by atoms with Crippen LogP contribution in [-0.4, -0.2) is 26.8 Å². The summed E-state index contributed by atoms with van der Waals surface area (Å²) in [5.41, 5.74) is 1.14. The Balaban J connectivity index is 1.70. The number of pyridine rings is 3. The summed E-state index contributed by atoms with van der Waals surface area (Å²) in [6, 6.07) is 9.45. The van der Waals surface area contributed by atoms with Gasteiger partial charge in [0.15, 0.2) is 10.3 Å². The molecule has 3 aromatic rings. The Hall–Kier alpha value is -3.03. The van der Waals surface area contributed by atoms with E-state index in [1.165, 1.54) is 30.7 Å². The standard InChI is InChI=1S/C17H11Cl2N5O2/c18-14-11(3-1-7-20-14)23-16(25)10-5-6-13(22-9-10)17(26)24-12-4-2-8-21-15(12)19/h1-9H,(H,23,25)(H,24,26). The van der Waals surface area contributed by atoms with Crippen molar-refractivity contribution in [3.8, 4) is 0 Å². The first-order valence-electron chi connectivity index (χ1n) is 7.34. The molecule has 130 valence electrons. The lowest BCUT2D eigenvalue weighted by molar-refractivity contribution is 0.101. The molecule has 0 atom stereocenters. The van der Waals surface area contributed by atoms with Crippen LogP contribution >= 0.6 is 23.2 Å². The first-order chi connectivity index (χ1) is 12.5. The highest BCUT2D eigenvalue weighted by Gasteiger charge is 2.13. The van der Waals surface area contributed by atoms with Crippen molar-refractivity contribution in [3.63, 3.8) is 0 Å². The molecule has 0 aliphatic rings. The number of rotatable bonds is 4. The van der Waals surface area contributed by atoms with Gasteiger partial charge in [-0.1, -0.05) is 23.2 Å². The summed E-state index contributed by atoms with van der Waals surface area (Å²) in [4.78, 5) is 36.2. The second kappa shape index (κ2) is 7.90. The second-order valence-electron chi connectivity index (χ2n) is 5.02. The van der Waals surface area contributed by atoms with E-state index in [0.29, 0.717) is 11.4 Å². The molecule has 3 heterocycles. The molecule has 3 rings (SSSR count). The third-order valence-electron chi connectivity index (χ3n) is 3.27. The Bertz CT molecular complexity index is 885. The van der Waals surface area contributed by atoms with Crippen LogP contribution in [0, 0.1) is 0 Å². The maximum absolute atomic E-state index is 12.2. The van der Waals surface area contributed by atoms with Gasteiger partial charge in [-0.15, -0.1) is 0 Å². The van der Waals surface area contributed by atoms with Crippen LogP contribution in [0.2, 0.25) is 10.3 Å². The SMILES string of the molecule is O=C(Nc1cccnc1Cl)c1ccc(C(=O)Nc2cccnc2Cl)nc1. The molecule has 0 aliphatic heterocycles. The normalized spacial score (nSPS) is 10.2. The summed E-state index contributed by atoms with van der Waals surface area (Å²) >= 11 is 11.8. The molecule has 0 bridgehead atoms. The largest absolute Gasteiger partial charge is 0.319 e. The van der Waals surface area contributed by atoms with Crippen molar-refractivity contribution in [3.05, 3.63) is 76.6 Å². The van der Waals surface area contributed by atoms with E-state index in [-0.39, 0.29) is 21.6 Å². The number of hydrogen-bond acceptors (Lipinski definition) is 5. The highest BCUT2D eigenvalue weighted by molar-refractivity contribution is 6.33. The van der Waals surface area contributed by atoms with Crippen molar-refractivity contribution in [1.82, 2.24) is 15.0 Å². The van der Waals surface area contributed by atoms with Gasteiger partial charge in [-0.3, -0.25) is 14.6 Å². The van der Waals surface area contributed by atoms with Crippen molar-refractivity contribution in [2.75, 3.05) is 10.6 Å². The van der Waals surface area contributed by atoms with Crippen molar-refractivity contribution >= 4 is 46.4 Å². The number of anilines is 2. The zero-order chi connectivity index (χ0) is 18.5. The van der Waals surface area contributed by atoms with Gasteiger partial charge in [-0.25, -0.2) is 9.97 Å². The second-order valence-corrected chi connectivity index (χ2v) is 5.74. The van der Waals surface area contributed by atoms with E-state index >= 15 is 0 Å². The van der Waals surface area contributed by atoms with Crippen LogP contribution < -0.4 is 10.6 Å². The number of carbonyl (C=O) groups excluding carboxylic acids is 2. The molecule has 0 radical (unpaired) electrons. The molecule has 2 amide bonds. The molecular weight excluding hydrogens is 377 g/mol. The number of nitrogens with zero attached hydrogens (tertiary/aromatic N) is 3. The van der Waals surface area contributed by atoms with E-state index in [1.54, 1.807) is 24.3 Å². The van der Waals surface area contributed by atoms with Gasteiger partial charge in [0, 0.05) is 18.6 Å². The summed E-state index contributed by atoms with van der Waals surface area (Å²) in [6.07, 6.45) is 4.32. The first-order valence-corrected chi connectivity index (χ1v) is 8.10. The molecule has 26 heavy (non-hydrogen) atoms. The number of hydrogen-bond donors (Lipinski definition) is 2. The van der Waals surface area contributed by atoms with E-state index in [2.05, 4.69) is 25.6 Å². The van der Waals surface area contributed by atoms with Crippen LogP contribution in [-0.2, 0) is 0 Å². The number of nitrogens with one attached hydrogen (secondary N) is 2. The molecule has 7 nitrogen and oxygen atoms in total. The fourth-order valence-electron chi connectivity index (χ4n) is 2.00. The van der Waals surface area contributed by atoms with Crippen molar-refractivity contribution in [1.29, 1.82) is 0 Å². The highest BCUT2D eigenvalue weighted by Crippen LogP contribution is 2.19. The molecule has 0 fully saturated rings. The Morgan fingerprint density at radius 1 is 0.769 bits per heavy atom. The fourth-order valence-corrected chi connectivity index (χ4v) is 2.34. The Morgan fingerprint density at radius 2 is 1.35 bits per heavy atom. The zero-order valence-corrected chi connectivity index (χ0v) is 14.6. The topological polar surface area (TPSA) is 96.9 Å². The number of halogens is 2. The predicted octanol–water partition coefficient (Wildman–Crippen LogP) is 3.68. The number of carbonyl (C=O) groups is 2. The molecule has 0 saturated carbocycles.